The normalized spacial score (nSPS) is 11.7. The highest BCUT2D eigenvalue weighted by Gasteiger charge is 2.15. The third-order valence-corrected chi connectivity index (χ3v) is 10.5. The van der Waals surface area contributed by atoms with E-state index in [2.05, 4.69) is 171 Å². The first-order valence-corrected chi connectivity index (χ1v) is 18.3. The van der Waals surface area contributed by atoms with Crippen molar-refractivity contribution in [3.63, 3.8) is 0 Å². The van der Waals surface area contributed by atoms with Crippen LogP contribution in [0.3, 0.4) is 0 Å². The van der Waals surface area contributed by atoms with Crippen LogP contribution in [0.25, 0.3) is 66.1 Å². The van der Waals surface area contributed by atoms with Gasteiger partial charge in [0.05, 0.1) is 8.07 Å². The second-order valence-corrected chi connectivity index (χ2v) is 17.4. The van der Waals surface area contributed by atoms with Gasteiger partial charge in [0.1, 0.15) is 0 Å². The first-order chi connectivity index (χ1) is 20.4. The van der Waals surface area contributed by atoms with Crippen molar-refractivity contribution in [2.45, 2.75) is 19.6 Å². The molecule has 0 amide bonds. The molecule has 0 saturated heterocycles. The van der Waals surface area contributed by atoms with Crippen molar-refractivity contribution in [1.82, 2.24) is 0 Å². The van der Waals surface area contributed by atoms with Crippen molar-refractivity contribution in [2.24, 2.45) is 0 Å². The molecule has 0 saturated carbocycles. The molecule has 7 aromatic carbocycles. The van der Waals surface area contributed by atoms with E-state index in [-0.39, 0.29) is 0 Å². The maximum atomic E-state index is 2.40. The van der Waals surface area contributed by atoms with Crippen LogP contribution in [-0.4, -0.2) is 8.07 Å². The molecule has 0 fully saturated rings. The molecule has 7 aromatic rings. The summed E-state index contributed by atoms with van der Waals surface area (Å²) in [5.41, 5.74) is 9.98. The van der Waals surface area contributed by atoms with Crippen LogP contribution >= 0.6 is 0 Å². The van der Waals surface area contributed by atoms with E-state index >= 15 is 0 Å². The maximum absolute atomic E-state index is 2.40. The van der Waals surface area contributed by atoms with Gasteiger partial charge in [0.15, 0.2) is 0 Å². The van der Waals surface area contributed by atoms with Crippen molar-refractivity contribution < 1.29 is 0 Å². The van der Waals surface area contributed by atoms with Crippen LogP contribution in [-0.2, 0) is 0 Å². The molecule has 0 heterocycles. The molecule has 0 nitrogen and oxygen atoms in total. The zero-order valence-electron chi connectivity index (χ0n) is 24.4. The van der Waals surface area contributed by atoms with Crippen LogP contribution < -0.4 is 5.19 Å². The summed E-state index contributed by atoms with van der Waals surface area (Å²) in [5.74, 6) is 0. The smallest absolute Gasteiger partial charge is 0.0656 e. The highest BCUT2D eigenvalue weighted by Crippen LogP contribution is 2.32. The van der Waals surface area contributed by atoms with Crippen LogP contribution in [0.15, 0.2) is 152 Å². The maximum Gasteiger partial charge on any atom is 0.0775 e. The van der Waals surface area contributed by atoms with Crippen LogP contribution in [0.2, 0.25) is 19.6 Å². The summed E-state index contributed by atoms with van der Waals surface area (Å²) in [7, 11) is -1.28. The summed E-state index contributed by atoms with van der Waals surface area (Å²) in [6.07, 6.45) is 0. The predicted molar refractivity (Wildman–Crippen MR) is 186 cm³/mol. The molecule has 0 bridgehead atoms. The summed E-state index contributed by atoms with van der Waals surface area (Å²) < 4.78 is 0. The van der Waals surface area contributed by atoms with Gasteiger partial charge >= 0.3 is 0 Å². The second kappa shape index (κ2) is 10.6. The lowest BCUT2D eigenvalue weighted by Gasteiger charge is -2.16. The highest BCUT2D eigenvalue weighted by atomic mass is 28.3. The monoisotopic (exact) mass is 554 g/mol. The van der Waals surface area contributed by atoms with Gasteiger partial charge in [-0.1, -0.05) is 158 Å². The third kappa shape index (κ3) is 5.20. The summed E-state index contributed by atoms with van der Waals surface area (Å²) in [6.45, 7) is 7.19. The van der Waals surface area contributed by atoms with Crippen molar-refractivity contribution in [3.8, 4) is 44.5 Å². The number of benzene rings is 7. The first-order valence-electron chi connectivity index (χ1n) is 14.8. The lowest BCUT2D eigenvalue weighted by Crippen LogP contribution is -2.37. The van der Waals surface area contributed by atoms with Gasteiger partial charge in [-0.3, -0.25) is 0 Å². The third-order valence-electron chi connectivity index (χ3n) is 8.44. The Hall–Kier alpha value is -4.72. The Morgan fingerprint density at radius 3 is 1.02 bits per heavy atom. The zero-order valence-corrected chi connectivity index (χ0v) is 25.4. The average Bonchev–Trinajstić information content (AvgIpc) is 3.04. The summed E-state index contributed by atoms with van der Waals surface area (Å²) in [5, 5.41) is 6.56. The van der Waals surface area contributed by atoms with E-state index in [9.17, 15) is 0 Å². The van der Waals surface area contributed by atoms with Crippen molar-refractivity contribution in [2.75, 3.05) is 0 Å². The Bertz CT molecular complexity index is 2020. The molecule has 0 atom stereocenters. The first kappa shape index (κ1) is 26.2. The lowest BCUT2D eigenvalue weighted by molar-refractivity contribution is 1.59. The van der Waals surface area contributed by atoms with Gasteiger partial charge < -0.3 is 0 Å². The summed E-state index contributed by atoms with van der Waals surface area (Å²) in [6, 6.07) is 55.9. The fourth-order valence-electron chi connectivity index (χ4n) is 5.85. The topological polar surface area (TPSA) is 0 Å². The van der Waals surface area contributed by atoms with E-state index in [0.717, 1.165) is 0 Å². The lowest BCUT2D eigenvalue weighted by atomic mass is 9.95. The minimum Gasteiger partial charge on any atom is -0.0656 e. The van der Waals surface area contributed by atoms with Crippen molar-refractivity contribution >= 4 is 34.8 Å². The van der Waals surface area contributed by atoms with E-state index in [4.69, 9.17) is 0 Å². The molecule has 0 unspecified atom stereocenters. The molecule has 0 radical (unpaired) electrons. The molecule has 7 rings (SSSR count). The second-order valence-electron chi connectivity index (χ2n) is 12.3. The molecule has 0 aliphatic heterocycles. The number of rotatable bonds is 5. The molecule has 1 heteroatoms. The molecule has 0 aliphatic rings. The fourth-order valence-corrected chi connectivity index (χ4v) is 7.01. The Labute approximate surface area is 249 Å². The Morgan fingerprint density at radius 1 is 0.286 bits per heavy atom. The Morgan fingerprint density at radius 2 is 0.595 bits per heavy atom. The van der Waals surface area contributed by atoms with Crippen molar-refractivity contribution in [1.29, 1.82) is 0 Å². The minimum atomic E-state index is -1.28. The van der Waals surface area contributed by atoms with Crippen LogP contribution in [0.5, 0.6) is 0 Å². The SMILES string of the molecule is C[Si](C)(C)c1ccc(-c2ccc(-c3ccc4ccc(-c5ccc(-c6ccc7ccccc7c6)cc5)cc4c3)cc2)cc1. The highest BCUT2D eigenvalue weighted by molar-refractivity contribution is 6.88. The van der Waals surface area contributed by atoms with E-state index < -0.39 is 8.07 Å². The van der Waals surface area contributed by atoms with Gasteiger partial charge in [0, 0.05) is 0 Å². The van der Waals surface area contributed by atoms with E-state index in [1.807, 2.05) is 0 Å². The predicted octanol–water partition coefficient (Wildman–Crippen LogP) is 11.2. The van der Waals surface area contributed by atoms with Gasteiger partial charge in [-0.15, -0.1) is 0 Å². The number of hydrogen-bond acceptors (Lipinski definition) is 0. The molecule has 0 aromatic heterocycles. The summed E-state index contributed by atoms with van der Waals surface area (Å²) >= 11 is 0. The van der Waals surface area contributed by atoms with E-state index in [0.29, 0.717) is 0 Å². The molecule has 0 aliphatic carbocycles. The standard InChI is InChI=1S/C41H34Si/c1-42(2,3)41-24-22-31(23-25-41)30-8-10-33(11-9-30)38-20-17-35-18-21-39(28-40(35)27-38)34-14-12-32(13-15-34)37-19-16-29-6-4-5-7-36(29)26-37/h4-28H,1-3H3. The van der Waals surface area contributed by atoms with Crippen molar-refractivity contribution in [3.05, 3.63) is 152 Å². The summed E-state index contributed by atoms with van der Waals surface area (Å²) in [4.78, 5) is 0. The zero-order chi connectivity index (χ0) is 28.7. The minimum absolute atomic E-state index is 1.23. The fraction of sp³-hybridized carbons (Fsp3) is 0.0732. The molecule has 42 heavy (non-hydrogen) atoms. The molecular weight excluding hydrogens is 521 g/mol. The van der Waals surface area contributed by atoms with Gasteiger partial charge in [0.25, 0.3) is 0 Å². The average molecular weight is 555 g/mol. The van der Waals surface area contributed by atoms with Gasteiger partial charge in [0.2, 0.25) is 0 Å². The van der Waals surface area contributed by atoms with Gasteiger partial charge in [-0.05, 0) is 84.3 Å². The van der Waals surface area contributed by atoms with Crippen LogP contribution in [0.1, 0.15) is 0 Å². The van der Waals surface area contributed by atoms with E-state index in [1.54, 1.807) is 0 Å². The van der Waals surface area contributed by atoms with Crippen LogP contribution in [0.4, 0.5) is 0 Å². The molecule has 202 valence electrons. The number of hydrogen-bond donors (Lipinski definition) is 0. The van der Waals surface area contributed by atoms with Gasteiger partial charge in [-0.25, -0.2) is 0 Å². The Balaban J connectivity index is 1.14. The molecule has 0 spiro atoms. The van der Waals surface area contributed by atoms with E-state index in [1.165, 1.54) is 71.2 Å². The van der Waals surface area contributed by atoms with Gasteiger partial charge in [-0.2, -0.15) is 0 Å². The quantitative estimate of drug-likeness (QED) is 0.186. The molecular formula is C41H34Si. The largest absolute Gasteiger partial charge is 0.0775 e. The Kier molecular flexibility index (Phi) is 6.61. The van der Waals surface area contributed by atoms with Crippen LogP contribution in [0, 0.1) is 0 Å². The molecule has 0 N–H and O–H groups in total. The number of fused-ring (bicyclic) bond motifs is 2.